The van der Waals surface area contributed by atoms with E-state index in [0.29, 0.717) is 12.1 Å². The number of carboxylic acids is 1. The summed E-state index contributed by atoms with van der Waals surface area (Å²) in [5, 5.41) is 7.12. The van der Waals surface area contributed by atoms with Gasteiger partial charge >= 0.3 is 12.1 Å². The number of halogens is 3. The van der Waals surface area contributed by atoms with E-state index < -0.39 is 12.1 Å². The molecule has 0 bridgehead atoms. The van der Waals surface area contributed by atoms with Crippen LogP contribution in [0.2, 0.25) is 0 Å². The van der Waals surface area contributed by atoms with E-state index in [0.717, 1.165) is 32.2 Å². The Hall–Kier alpha value is -1.64. The number of nitrogens with zero attached hydrogens (tertiary/aromatic N) is 1. The van der Waals surface area contributed by atoms with Crippen molar-refractivity contribution in [3.05, 3.63) is 35.9 Å². The average Bonchev–Trinajstić information content (AvgIpc) is 3.05. The average molecular weight is 417 g/mol. The van der Waals surface area contributed by atoms with Gasteiger partial charge in [-0.2, -0.15) is 13.2 Å². The molecular formula is C21H30F3NO4. The molecule has 0 spiro atoms. The predicted molar refractivity (Wildman–Crippen MR) is 103 cm³/mol. The number of aliphatic carboxylic acids is 1. The van der Waals surface area contributed by atoms with Gasteiger partial charge in [0.05, 0.1) is 6.10 Å². The Morgan fingerprint density at radius 1 is 1.21 bits per heavy atom. The van der Waals surface area contributed by atoms with Gasteiger partial charge in [0.15, 0.2) is 0 Å². The molecule has 8 heteroatoms. The highest BCUT2D eigenvalue weighted by Gasteiger charge is 2.38. The highest BCUT2D eigenvalue weighted by Crippen LogP contribution is 2.27. The first-order valence-electron chi connectivity index (χ1n) is 10.1. The molecule has 3 rings (SSSR count). The molecule has 2 fully saturated rings. The van der Waals surface area contributed by atoms with Crippen molar-refractivity contribution in [2.45, 2.75) is 50.9 Å². The number of carboxylic acid groups (broad SMARTS) is 1. The second-order valence-electron chi connectivity index (χ2n) is 7.39. The minimum Gasteiger partial charge on any atom is -0.475 e. The smallest absolute Gasteiger partial charge is 0.475 e. The minimum absolute atomic E-state index is 0.394. The Bertz CT molecular complexity index is 606. The summed E-state index contributed by atoms with van der Waals surface area (Å²) in [6, 6.07) is 11.4. The second-order valence-corrected chi connectivity index (χ2v) is 7.39. The molecular weight excluding hydrogens is 387 g/mol. The zero-order valence-corrected chi connectivity index (χ0v) is 16.7. The van der Waals surface area contributed by atoms with E-state index in [1.165, 1.54) is 37.9 Å². The van der Waals surface area contributed by atoms with Crippen LogP contribution in [0.3, 0.4) is 0 Å². The molecule has 0 aliphatic carbocycles. The van der Waals surface area contributed by atoms with Gasteiger partial charge in [0, 0.05) is 39.0 Å². The summed E-state index contributed by atoms with van der Waals surface area (Å²) in [7, 11) is 0. The Morgan fingerprint density at radius 2 is 1.83 bits per heavy atom. The molecule has 2 saturated heterocycles. The molecule has 1 N–H and O–H groups in total. The number of ether oxygens (including phenoxy) is 2. The van der Waals surface area contributed by atoms with Crippen molar-refractivity contribution in [3.63, 3.8) is 0 Å². The third-order valence-electron chi connectivity index (χ3n) is 5.34. The normalized spacial score (nSPS) is 23.4. The van der Waals surface area contributed by atoms with Crippen LogP contribution in [0, 0.1) is 5.92 Å². The first kappa shape index (κ1) is 23.6. The molecule has 1 aromatic rings. The van der Waals surface area contributed by atoms with E-state index in [-0.39, 0.29) is 0 Å². The number of rotatable bonds is 6. The number of hydrogen-bond donors (Lipinski definition) is 1. The Labute approximate surface area is 169 Å². The molecule has 5 nitrogen and oxygen atoms in total. The maximum atomic E-state index is 10.6. The first-order chi connectivity index (χ1) is 13.8. The third-order valence-corrected chi connectivity index (χ3v) is 5.34. The number of likely N-dealkylation sites (tertiary alicyclic amines) is 1. The molecule has 2 aliphatic heterocycles. The van der Waals surface area contributed by atoms with Gasteiger partial charge in [-0.15, -0.1) is 0 Å². The molecule has 1 aromatic carbocycles. The first-order valence-corrected chi connectivity index (χ1v) is 10.1. The fourth-order valence-electron chi connectivity index (χ4n) is 3.90. The predicted octanol–water partition coefficient (Wildman–Crippen LogP) is 3.77. The summed E-state index contributed by atoms with van der Waals surface area (Å²) in [5.41, 5.74) is 1.43. The van der Waals surface area contributed by atoms with Gasteiger partial charge in [0.1, 0.15) is 0 Å². The standard InChI is InChI=1S/C19H29NO2.C2HF3O2/c1-2-22-19-8-11-20(15-17-9-12-21-13-10-17)18(19)14-16-6-4-3-5-7-16;3-2(4,5)1(6)7/h3-7,17-19H,2,8-15H2,1H3;(H,6,7)/t18-,19-;/m0./s1. The molecule has 2 aliphatic rings. The van der Waals surface area contributed by atoms with Crippen LogP contribution in [0.5, 0.6) is 0 Å². The van der Waals surface area contributed by atoms with Gasteiger partial charge in [0.25, 0.3) is 0 Å². The number of alkyl halides is 3. The Balaban J connectivity index is 0.000000370. The maximum absolute atomic E-state index is 10.6. The lowest BCUT2D eigenvalue weighted by Crippen LogP contribution is -2.41. The molecule has 0 amide bonds. The van der Waals surface area contributed by atoms with E-state index in [9.17, 15) is 13.2 Å². The van der Waals surface area contributed by atoms with Gasteiger partial charge in [-0.3, -0.25) is 4.90 Å². The lowest BCUT2D eigenvalue weighted by atomic mass is 9.97. The number of benzene rings is 1. The topological polar surface area (TPSA) is 59.0 Å². The van der Waals surface area contributed by atoms with Crippen molar-refractivity contribution in [3.8, 4) is 0 Å². The number of carbonyl (C=O) groups is 1. The van der Waals surface area contributed by atoms with Gasteiger partial charge in [-0.25, -0.2) is 4.79 Å². The van der Waals surface area contributed by atoms with Crippen LogP contribution >= 0.6 is 0 Å². The van der Waals surface area contributed by atoms with E-state index >= 15 is 0 Å². The van der Waals surface area contributed by atoms with Crippen LogP contribution in [0.15, 0.2) is 30.3 Å². The monoisotopic (exact) mass is 417 g/mol. The Morgan fingerprint density at radius 3 is 2.38 bits per heavy atom. The second kappa shape index (κ2) is 11.5. The fourth-order valence-corrected chi connectivity index (χ4v) is 3.90. The molecule has 0 aromatic heterocycles. The summed E-state index contributed by atoms with van der Waals surface area (Å²) in [6.07, 6.45) is 0.0235. The minimum atomic E-state index is -5.08. The van der Waals surface area contributed by atoms with Crippen LogP contribution in [-0.2, 0) is 20.7 Å². The SMILES string of the molecule is CCO[C@H]1CCN(CC2CCOCC2)[C@H]1Cc1ccccc1.O=C(O)C(F)(F)F. The van der Waals surface area contributed by atoms with Crippen LogP contribution < -0.4 is 0 Å². The maximum Gasteiger partial charge on any atom is 0.490 e. The molecule has 0 radical (unpaired) electrons. The van der Waals surface area contributed by atoms with E-state index in [1.807, 2.05) is 0 Å². The van der Waals surface area contributed by atoms with Crippen LogP contribution in [0.1, 0.15) is 31.7 Å². The van der Waals surface area contributed by atoms with Gasteiger partial charge in [-0.05, 0) is 44.1 Å². The van der Waals surface area contributed by atoms with Crippen molar-refractivity contribution >= 4 is 5.97 Å². The number of hydrogen-bond acceptors (Lipinski definition) is 4. The largest absolute Gasteiger partial charge is 0.490 e. The van der Waals surface area contributed by atoms with Gasteiger partial charge in [0.2, 0.25) is 0 Å². The summed E-state index contributed by atoms with van der Waals surface area (Å²) >= 11 is 0. The third kappa shape index (κ3) is 7.95. The van der Waals surface area contributed by atoms with Crippen molar-refractivity contribution in [1.29, 1.82) is 0 Å². The van der Waals surface area contributed by atoms with Crippen LogP contribution in [0.4, 0.5) is 13.2 Å². The van der Waals surface area contributed by atoms with Crippen molar-refractivity contribution < 1.29 is 32.5 Å². The van der Waals surface area contributed by atoms with Crippen LogP contribution in [0.25, 0.3) is 0 Å². The molecule has 2 heterocycles. The Kier molecular flexibility index (Phi) is 9.39. The summed E-state index contributed by atoms with van der Waals surface area (Å²) < 4.78 is 43.3. The van der Waals surface area contributed by atoms with Gasteiger partial charge < -0.3 is 14.6 Å². The van der Waals surface area contributed by atoms with Crippen LogP contribution in [-0.4, -0.2) is 67.2 Å². The highest BCUT2D eigenvalue weighted by molar-refractivity contribution is 5.73. The lowest BCUT2D eigenvalue weighted by Gasteiger charge is -2.32. The van der Waals surface area contributed by atoms with E-state index in [2.05, 4.69) is 42.2 Å². The van der Waals surface area contributed by atoms with Crippen molar-refractivity contribution in [1.82, 2.24) is 4.90 Å². The molecule has 2 atom stereocenters. The van der Waals surface area contributed by atoms with E-state index in [1.54, 1.807) is 0 Å². The summed E-state index contributed by atoms with van der Waals surface area (Å²) in [6.45, 7) is 7.21. The summed E-state index contributed by atoms with van der Waals surface area (Å²) in [5.74, 6) is -1.96. The molecule has 164 valence electrons. The highest BCUT2D eigenvalue weighted by atomic mass is 19.4. The quantitative estimate of drug-likeness (QED) is 0.764. The van der Waals surface area contributed by atoms with Crippen molar-refractivity contribution in [2.24, 2.45) is 5.92 Å². The van der Waals surface area contributed by atoms with E-state index in [4.69, 9.17) is 19.4 Å². The molecule has 29 heavy (non-hydrogen) atoms. The zero-order chi connectivity index (χ0) is 21.3. The fraction of sp³-hybridized carbons (Fsp3) is 0.667. The molecule has 0 unspecified atom stereocenters. The lowest BCUT2D eigenvalue weighted by molar-refractivity contribution is -0.192. The van der Waals surface area contributed by atoms with Gasteiger partial charge in [-0.1, -0.05) is 30.3 Å². The summed E-state index contributed by atoms with van der Waals surface area (Å²) in [4.78, 5) is 11.6. The molecule has 0 saturated carbocycles. The zero-order valence-electron chi connectivity index (χ0n) is 16.7. The van der Waals surface area contributed by atoms with Crippen molar-refractivity contribution in [2.75, 3.05) is 32.9 Å².